The van der Waals surface area contributed by atoms with E-state index in [1.54, 1.807) is 35.2 Å². The molecule has 3 aromatic rings. The van der Waals surface area contributed by atoms with Gasteiger partial charge in [0.25, 0.3) is 5.91 Å². The Morgan fingerprint density at radius 2 is 1.67 bits per heavy atom. The highest BCUT2D eigenvalue weighted by Crippen LogP contribution is 2.48. The molecule has 0 radical (unpaired) electrons. The van der Waals surface area contributed by atoms with Crippen LogP contribution >= 0.6 is 0 Å². The van der Waals surface area contributed by atoms with Gasteiger partial charge in [-0.3, -0.25) is 9.36 Å². The number of esters is 1. The van der Waals surface area contributed by atoms with Gasteiger partial charge in [0, 0.05) is 50.7 Å². The molecule has 3 atom stereocenters. The second-order valence-electron chi connectivity index (χ2n) is 13.4. The number of likely N-dealkylation sites (tertiary alicyclic amines) is 1. The lowest BCUT2D eigenvalue weighted by Gasteiger charge is -2.50. The van der Waals surface area contributed by atoms with Crippen LogP contribution in [0.3, 0.4) is 0 Å². The Morgan fingerprint density at radius 1 is 1.00 bits per heavy atom. The average Bonchev–Trinajstić information content (AvgIpc) is 3.55. The molecule has 2 aromatic carbocycles. The van der Waals surface area contributed by atoms with Gasteiger partial charge in [-0.2, -0.15) is 13.2 Å². The fraction of sp³-hybridized carbons (Fsp3) is 0.528. The zero-order valence-electron chi connectivity index (χ0n) is 27.7. The first-order valence-electron chi connectivity index (χ1n) is 17.0. The summed E-state index contributed by atoms with van der Waals surface area (Å²) < 4.78 is 55.0. The highest BCUT2D eigenvalue weighted by atomic mass is 19.4. The molecule has 1 aliphatic carbocycles. The van der Waals surface area contributed by atoms with Crippen molar-refractivity contribution >= 4 is 11.9 Å². The van der Waals surface area contributed by atoms with E-state index in [9.17, 15) is 27.9 Å². The number of hydrogen-bond donors (Lipinski definition) is 2. The van der Waals surface area contributed by atoms with Crippen LogP contribution < -0.4 is 5.32 Å². The molecular formula is C36H44F3N5O5. The number of hydrogen-bond acceptors (Lipinski definition) is 8. The smallest absolute Gasteiger partial charge is 0.429 e. The lowest BCUT2D eigenvalue weighted by atomic mass is 9.76. The van der Waals surface area contributed by atoms with Crippen LogP contribution in [0.25, 0.3) is 11.3 Å². The van der Waals surface area contributed by atoms with Gasteiger partial charge >= 0.3 is 12.1 Å². The Hall–Kier alpha value is -3.78. The molecule has 6 rings (SSSR count). The Bertz CT molecular complexity index is 1580. The molecule has 2 aliphatic heterocycles. The molecular weight excluding hydrogens is 639 g/mol. The van der Waals surface area contributed by atoms with Gasteiger partial charge in [0.1, 0.15) is 5.60 Å². The summed E-state index contributed by atoms with van der Waals surface area (Å²) in [5.74, 6) is -2.84. The van der Waals surface area contributed by atoms with Gasteiger partial charge in [0.05, 0.1) is 24.7 Å². The van der Waals surface area contributed by atoms with E-state index in [0.717, 1.165) is 18.7 Å². The predicted molar refractivity (Wildman–Crippen MR) is 176 cm³/mol. The summed E-state index contributed by atoms with van der Waals surface area (Å²) in [4.78, 5) is 35.8. The molecule has 0 bridgehead atoms. The van der Waals surface area contributed by atoms with Crippen LogP contribution in [0.1, 0.15) is 54.6 Å². The van der Waals surface area contributed by atoms with E-state index >= 15 is 0 Å². The third-order valence-corrected chi connectivity index (χ3v) is 10.1. The molecule has 13 heteroatoms. The van der Waals surface area contributed by atoms with Crippen molar-refractivity contribution in [2.75, 3.05) is 46.4 Å². The van der Waals surface area contributed by atoms with Crippen LogP contribution in [0, 0.1) is 0 Å². The lowest BCUT2D eigenvalue weighted by Crippen LogP contribution is -2.63. The topological polar surface area (TPSA) is 109 Å². The first-order valence-corrected chi connectivity index (χ1v) is 17.0. The minimum atomic E-state index is -5.34. The van der Waals surface area contributed by atoms with Crippen LogP contribution in [-0.4, -0.2) is 107 Å². The van der Waals surface area contributed by atoms with Crippen molar-refractivity contribution in [3.63, 3.8) is 0 Å². The summed E-state index contributed by atoms with van der Waals surface area (Å²) >= 11 is 0. The third-order valence-electron chi connectivity index (χ3n) is 10.1. The van der Waals surface area contributed by atoms with Gasteiger partial charge < -0.3 is 29.7 Å². The van der Waals surface area contributed by atoms with Gasteiger partial charge in [-0.15, -0.1) is 0 Å². The van der Waals surface area contributed by atoms with E-state index in [-0.39, 0.29) is 43.0 Å². The van der Waals surface area contributed by atoms with Gasteiger partial charge in [0.15, 0.2) is 5.69 Å². The number of aliphatic hydroxyl groups is 1. The highest BCUT2D eigenvalue weighted by Gasteiger charge is 2.61. The minimum absolute atomic E-state index is 0.00208. The molecule has 10 nitrogen and oxygen atoms in total. The second kappa shape index (κ2) is 14.6. The van der Waals surface area contributed by atoms with Crippen LogP contribution in [0.2, 0.25) is 0 Å². The van der Waals surface area contributed by atoms with Gasteiger partial charge in [-0.1, -0.05) is 67.1 Å². The fourth-order valence-corrected chi connectivity index (χ4v) is 7.44. The number of halogens is 3. The SMILES string of the molecule is CN1CCC(OC[C@]2(O)CCCC[C@@]2(OC(=O)C(F)(F)F)n2cnc(C(=O)N3CCNC[C@H]3Cc3ccccc3)c2-c2ccccc2)CC1. The molecule has 264 valence electrons. The normalized spacial score (nSPS) is 25.7. The van der Waals surface area contributed by atoms with Crippen molar-refractivity contribution < 1.29 is 37.3 Å². The van der Waals surface area contributed by atoms with E-state index < -0.39 is 29.4 Å². The number of benzene rings is 2. The number of piperazine rings is 1. The number of amides is 1. The summed E-state index contributed by atoms with van der Waals surface area (Å²) in [5, 5.41) is 15.8. The number of nitrogens with one attached hydrogen (secondary N) is 1. The van der Waals surface area contributed by atoms with Crippen molar-refractivity contribution in [1.29, 1.82) is 0 Å². The summed E-state index contributed by atoms with van der Waals surface area (Å²) in [6.45, 7) is 2.68. The number of alkyl halides is 3. The van der Waals surface area contributed by atoms with E-state index in [4.69, 9.17) is 9.47 Å². The lowest BCUT2D eigenvalue weighted by molar-refractivity contribution is -0.282. The summed E-state index contributed by atoms with van der Waals surface area (Å²) in [5.41, 5.74) is -2.64. The average molecular weight is 684 g/mol. The Balaban J connectivity index is 1.44. The zero-order chi connectivity index (χ0) is 34.6. The molecule has 1 amide bonds. The Morgan fingerprint density at radius 3 is 2.37 bits per heavy atom. The fourth-order valence-electron chi connectivity index (χ4n) is 7.44. The summed E-state index contributed by atoms with van der Waals surface area (Å²) in [7, 11) is 2.00. The molecule has 0 unspecified atom stereocenters. The maximum absolute atomic E-state index is 14.5. The van der Waals surface area contributed by atoms with Crippen molar-refractivity contribution in [1.82, 2.24) is 24.7 Å². The van der Waals surface area contributed by atoms with Crippen LogP contribution in [0.4, 0.5) is 13.2 Å². The third kappa shape index (κ3) is 7.40. The van der Waals surface area contributed by atoms with E-state index in [1.165, 1.54) is 10.9 Å². The molecule has 2 N–H and O–H groups in total. The first-order chi connectivity index (χ1) is 23.5. The van der Waals surface area contributed by atoms with Crippen molar-refractivity contribution in [2.45, 2.75) is 74.6 Å². The first kappa shape index (κ1) is 35.1. The standard InChI is InChI=1S/C36H44F3N5O5/c1-42-19-14-29(15-20-42)48-24-34(47)16-8-9-17-35(34,49-33(46)36(37,38)39)44-25-41-30(31(44)27-12-6-3-7-13-27)32(45)43-21-18-40-23-28(43)22-26-10-4-2-5-11-26/h2-7,10-13,25,28-29,40,47H,8-9,14-24H2,1H3/t28-,34-,35+/m1/s1. The largest absolute Gasteiger partial charge is 0.491 e. The summed E-state index contributed by atoms with van der Waals surface area (Å²) in [6.07, 6.45) is -1.66. The highest BCUT2D eigenvalue weighted by molar-refractivity contribution is 5.98. The van der Waals surface area contributed by atoms with Crippen molar-refractivity contribution in [3.8, 4) is 11.3 Å². The van der Waals surface area contributed by atoms with Crippen LogP contribution in [0.5, 0.6) is 0 Å². The number of rotatable bonds is 9. The molecule has 1 aromatic heterocycles. The number of ether oxygens (including phenoxy) is 2. The molecule has 3 fully saturated rings. The van der Waals surface area contributed by atoms with Crippen molar-refractivity contribution in [3.05, 3.63) is 78.2 Å². The maximum atomic E-state index is 14.5. The number of imidazole rings is 1. The predicted octanol–water partition coefficient (Wildman–Crippen LogP) is 4.38. The van der Waals surface area contributed by atoms with E-state index in [1.807, 2.05) is 37.4 Å². The molecule has 2 saturated heterocycles. The summed E-state index contributed by atoms with van der Waals surface area (Å²) in [6, 6.07) is 18.3. The molecule has 49 heavy (non-hydrogen) atoms. The monoisotopic (exact) mass is 683 g/mol. The molecule has 0 spiro atoms. The Labute approximate surface area is 284 Å². The van der Waals surface area contributed by atoms with Crippen molar-refractivity contribution in [2.24, 2.45) is 0 Å². The number of carbonyl (C=O) groups is 2. The molecule has 3 heterocycles. The van der Waals surface area contributed by atoms with Crippen LogP contribution in [-0.2, 0) is 26.4 Å². The Kier molecular flexibility index (Phi) is 10.4. The van der Waals surface area contributed by atoms with Gasteiger partial charge in [0.2, 0.25) is 5.72 Å². The van der Waals surface area contributed by atoms with E-state index in [0.29, 0.717) is 57.3 Å². The number of carbonyl (C=O) groups excluding carboxylic acids is 2. The van der Waals surface area contributed by atoms with Crippen LogP contribution in [0.15, 0.2) is 67.0 Å². The number of aromatic nitrogens is 2. The zero-order valence-corrected chi connectivity index (χ0v) is 27.7. The molecule has 1 saturated carbocycles. The van der Waals surface area contributed by atoms with Gasteiger partial charge in [-0.25, -0.2) is 9.78 Å². The second-order valence-corrected chi connectivity index (χ2v) is 13.4. The number of nitrogens with zero attached hydrogens (tertiary/aromatic N) is 4. The van der Waals surface area contributed by atoms with E-state index in [2.05, 4.69) is 15.2 Å². The van der Waals surface area contributed by atoms with Gasteiger partial charge in [-0.05, 0) is 44.7 Å². The minimum Gasteiger partial charge on any atom is -0.429 e. The molecule has 3 aliphatic rings. The number of piperidine rings is 1. The quantitative estimate of drug-likeness (QED) is 0.320. The maximum Gasteiger partial charge on any atom is 0.491 e.